The van der Waals surface area contributed by atoms with Gasteiger partial charge in [-0.2, -0.15) is 0 Å². The van der Waals surface area contributed by atoms with Crippen molar-refractivity contribution < 1.29 is 5.11 Å². The summed E-state index contributed by atoms with van der Waals surface area (Å²) in [6.45, 7) is 1.03. The lowest BCUT2D eigenvalue weighted by molar-refractivity contribution is 0.286. The van der Waals surface area contributed by atoms with Crippen LogP contribution in [0.2, 0.25) is 0 Å². The molecule has 0 fully saturated rings. The molecule has 0 aliphatic heterocycles. The molecule has 1 aromatic carbocycles. The molecule has 2 N–H and O–H groups in total. The number of aliphatic hydroxyl groups excluding tert-OH is 1. The van der Waals surface area contributed by atoms with E-state index < -0.39 is 0 Å². The van der Waals surface area contributed by atoms with E-state index in [0.29, 0.717) is 0 Å². The highest BCUT2D eigenvalue weighted by Gasteiger charge is 2.11. The number of rotatable bonds is 6. The molecule has 4 rings (SSSR count). The molecule has 5 nitrogen and oxygen atoms in total. The van der Waals surface area contributed by atoms with Crippen LogP contribution in [-0.2, 0) is 0 Å². The minimum absolute atomic E-state index is 0.228. The number of fused-ring (bicyclic) bond motifs is 2. The lowest BCUT2D eigenvalue weighted by atomic mass is 10.2. The van der Waals surface area contributed by atoms with E-state index in [1.54, 1.807) is 11.3 Å². The average molecular weight is 338 g/mol. The maximum Gasteiger partial charge on any atom is 0.154 e. The van der Waals surface area contributed by atoms with Gasteiger partial charge < -0.3 is 10.4 Å². The first-order chi connectivity index (χ1) is 11.8. The molecule has 0 bridgehead atoms. The molecule has 0 spiro atoms. The lowest BCUT2D eigenvalue weighted by Gasteiger charge is -2.06. The van der Waals surface area contributed by atoms with Crippen molar-refractivity contribution in [1.29, 1.82) is 0 Å². The number of benzene rings is 1. The summed E-state index contributed by atoms with van der Waals surface area (Å²) in [6, 6.07) is 14.5. The van der Waals surface area contributed by atoms with Gasteiger partial charge in [0.15, 0.2) is 5.65 Å². The minimum atomic E-state index is 0.228. The fourth-order valence-electron chi connectivity index (χ4n) is 2.70. The molecule has 0 saturated heterocycles. The molecule has 0 aliphatic rings. The van der Waals surface area contributed by atoms with E-state index in [1.165, 1.54) is 10.1 Å². The van der Waals surface area contributed by atoms with Gasteiger partial charge in [-0.05, 0) is 42.5 Å². The first-order valence-electron chi connectivity index (χ1n) is 8.03. The number of nitrogens with zero attached hydrogens (tertiary/aromatic N) is 3. The van der Waals surface area contributed by atoms with Crippen molar-refractivity contribution in [2.24, 2.45) is 0 Å². The van der Waals surface area contributed by atoms with Crippen LogP contribution in [-0.4, -0.2) is 32.9 Å². The van der Waals surface area contributed by atoms with Crippen LogP contribution in [0.5, 0.6) is 0 Å². The number of thiophene rings is 1. The smallest absolute Gasteiger partial charge is 0.154 e. The van der Waals surface area contributed by atoms with E-state index >= 15 is 0 Å². The first kappa shape index (κ1) is 15.1. The fraction of sp³-hybridized carbons (Fsp3) is 0.222. The normalized spacial score (nSPS) is 11.4. The Bertz CT molecular complexity index is 942. The molecule has 0 saturated carbocycles. The van der Waals surface area contributed by atoms with Crippen molar-refractivity contribution in [2.75, 3.05) is 18.5 Å². The van der Waals surface area contributed by atoms with Crippen molar-refractivity contribution in [2.45, 2.75) is 12.8 Å². The number of hydrogen-bond acceptors (Lipinski definition) is 5. The van der Waals surface area contributed by atoms with Crippen LogP contribution in [0.1, 0.15) is 12.8 Å². The quantitative estimate of drug-likeness (QED) is 0.525. The van der Waals surface area contributed by atoms with Crippen molar-refractivity contribution in [3.05, 3.63) is 48.7 Å². The Hall–Kier alpha value is -2.44. The molecule has 0 unspecified atom stereocenters. The van der Waals surface area contributed by atoms with Crippen LogP contribution in [0.3, 0.4) is 0 Å². The Labute approximate surface area is 143 Å². The second kappa shape index (κ2) is 6.59. The third kappa shape index (κ3) is 2.86. The monoisotopic (exact) mass is 338 g/mol. The van der Waals surface area contributed by atoms with E-state index in [1.807, 2.05) is 22.8 Å². The predicted molar refractivity (Wildman–Crippen MR) is 98.6 cm³/mol. The second-order valence-electron chi connectivity index (χ2n) is 5.64. The average Bonchev–Trinajstić information content (AvgIpc) is 3.21. The number of unbranched alkanes of at least 4 members (excludes halogenated alkanes) is 1. The second-order valence-corrected chi connectivity index (χ2v) is 6.72. The van der Waals surface area contributed by atoms with Crippen LogP contribution >= 0.6 is 11.3 Å². The van der Waals surface area contributed by atoms with Gasteiger partial charge in [0, 0.05) is 17.9 Å². The predicted octanol–water partition coefficient (Wildman–Crippen LogP) is 3.80. The van der Waals surface area contributed by atoms with Gasteiger partial charge in [0.1, 0.15) is 11.5 Å². The summed E-state index contributed by atoms with van der Waals surface area (Å²) in [5.41, 5.74) is 1.84. The number of aliphatic hydroxyl groups is 1. The maximum atomic E-state index is 8.84. The number of anilines is 1. The summed E-state index contributed by atoms with van der Waals surface area (Å²) in [5, 5.41) is 18.1. The van der Waals surface area contributed by atoms with E-state index in [-0.39, 0.29) is 6.61 Å². The zero-order valence-corrected chi connectivity index (χ0v) is 14.0. The van der Waals surface area contributed by atoms with E-state index in [0.717, 1.165) is 41.4 Å². The third-order valence-electron chi connectivity index (χ3n) is 3.93. The highest BCUT2D eigenvalue weighted by molar-refractivity contribution is 7.22. The summed E-state index contributed by atoms with van der Waals surface area (Å²) >= 11 is 1.75. The summed E-state index contributed by atoms with van der Waals surface area (Å²) in [5.74, 6) is 0.820. The maximum absolute atomic E-state index is 8.84. The van der Waals surface area contributed by atoms with Gasteiger partial charge in [-0.25, -0.2) is 9.50 Å². The Morgan fingerprint density at radius 3 is 2.92 bits per heavy atom. The standard InChI is InChI=1S/C18H18N4OS/c23-10-4-3-9-19-17-7-8-18-20-12-14(22(18)21-17)16-11-13-5-1-2-6-15(13)24-16/h1-2,5-8,11-12,23H,3-4,9-10H2,(H,19,21). The summed E-state index contributed by atoms with van der Waals surface area (Å²) in [4.78, 5) is 5.62. The van der Waals surface area contributed by atoms with Crippen LogP contribution < -0.4 is 5.32 Å². The van der Waals surface area contributed by atoms with E-state index in [4.69, 9.17) is 5.11 Å². The number of aromatic nitrogens is 3. The zero-order chi connectivity index (χ0) is 16.4. The SMILES string of the molecule is OCCCCNc1ccc2ncc(-c3cc4ccccc4s3)n2n1. The molecule has 24 heavy (non-hydrogen) atoms. The zero-order valence-electron chi connectivity index (χ0n) is 13.1. The van der Waals surface area contributed by atoms with Gasteiger partial charge in [-0.1, -0.05) is 18.2 Å². The molecule has 122 valence electrons. The minimum Gasteiger partial charge on any atom is -0.396 e. The Morgan fingerprint density at radius 2 is 2.04 bits per heavy atom. The van der Waals surface area contributed by atoms with Crippen LogP contribution in [0.4, 0.5) is 5.82 Å². The molecule has 3 aromatic heterocycles. The molecular formula is C18H18N4OS. The number of nitrogens with one attached hydrogen (secondary N) is 1. The molecular weight excluding hydrogens is 320 g/mol. The van der Waals surface area contributed by atoms with Crippen LogP contribution in [0.15, 0.2) is 48.7 Å². The van der Waals surface area contributed by atoms with Crippen molar-refractivity contribution in [1.82, 2.24) is 14.6 Å². The molecule has 4 aromatic rings. The van der Waals surface area contributed by atoms with Gasteiger partial charge in [0.25, 0.3) is 0 Å². The highest BCUT2D eigenvalue weighted by atomic mass is 32.1. The molecule has 6 heteroatoms. The van der Waals surface area contributed by atoms with Crippen molar-refractivity contribution in [3.63, 3.8) is 0 Å². The molecule has 0 atom stereocenters. The topological polar surface area (TPSA) is 62.5 Å². The Kier molecular flexibility index (Phi) is 4.15. The van der Waals surface area contributed by atoms with Crippen molar-refractivity contribution in [3.8, 4) is 10.6 Å². The highest BCUT2D eigenvalue weighted by Crippen LogP contribution is 2.33. The van der Waals surface area contributed by atoms with Gasteiger partial charge in [0.2, 0.25) is 0 Å². The Morgan fingerprint density at radius 1 is 1.12 bits per heavy atom. The fourth-order valence-corrected chi connectivity index (χ4v) is 3.75. The summed E-state index contributed by atoms with van der Waals surface area (Å²) in [6.07, 6.45) is 3.60. The van der Waals surface area contributed by atoms with Gasteiger partial charge >= 0.3 is 0 Å². The molecule has 0 aliphatic carbocycles. The Balaban J connectivity index is 1.67. The van der Waals surface area contributed by atoms with Crippen molar-refractivity contribution >= 4 is 32.9 Å². The molecule has 0 amide bonds. The molecule has 0 radical (unpaired) electrons. The van der Waals surface area contributed by atoms with Gasteiger partial charge in [0.05, 0.1) is 11.1 Å². The largest absolute Gasteiger partial charge is 0.396 e. The summed E-state index contributed by atoms with van der Waals surface area (Å²) in [7, 11) is 0. The van der Waals surface area contributed by atoms with E-state index in [9.17, 15) is 0 Å². The van der Waals surface area contributed by atoms with E-state index in [2.05, 4.69) is 45.7 Å². The first-order valence-corrected chi connectivity index (χ1v) is 8.85. The molecule has 3 heterocycles. The third-order valence-corrected chi connectivity index (χ3v) is 5.07. The van der Waals surface area contributed by atoms with Crippen LogP contribution in [0, 0.1) is 0 Å². The van der Waals surface area contributed by atoms with Gasteiger partial charge in [-0.3, -0.25) is 0 Å². The summed E-state index contributed by atoms with van der Waals surface area (Å²) < 4.78 is 3.15. The number of imidazole rings is 1. The van der Waals surface area contributed by atoms with Gasteiger partial charge in [-0.15, -0.1) is 16.4 Å². The number of hydrogen-bond donors (Lipinski definition) is 2. The van der Waals surface area contributed by atoms with Crippen LogP contribution in [0.25, 0.3) is 26.3 Å². The lowest BCUT2D eigenvalue weighted by Crippen LogP contribution is -2.06.